The summed E-state index contributed by atoms with van der Waals surface area (Å²) >= 11 is -2.50. The van der Waals surface area contributed by atoms with Crippen LogP contribution in [-0.4, -0.2) is 5.98 Å². The van der Waals surface area contributed by atoms with Gasteiger partial charge in [0, 0.05) is 0 Å². The van der Waals surface area contributed by atoms with E-state index in [2.05, 4.69) is 166 Å². The van der Waals surface area contributed by atoms with Crippen molar-refractivity contribution in [2.75, 3.05) is 0 Å². The van der Waals surface area contributed by atoms with Crippen molar-refractivity contribution in [2.24, 2.45) is 11.8 Å². The van der Waals surface area contributed by atoms with Crippen molar-refractivity contribution >= 4 is 18.1 Å². The molecule has 4 aromatic carbocycles. The fourth-order valence-corrected chi connectivity index (χ4v) is 41.4. The minimum atomic E-state index is -2.50. The van der Waals surface area contributed by atoms with Gasteiger partial charge in [-0.15, -0.1) is 0 Å². The van der Waals surface area contributed by atoms with Crippen LogP contribution >= 0.6 is 0 Å². The average Bonchev–Trinajstić information content (AvgIpc) is 3.64. The topological polar surface area (TPSA) is 0 Å². The predicted molar refractivity (Wildman–Crippen MR) is 220 cm³/mol. The molecule has 2 aliphatic carbocycles. The van der Waals surface area contributed by atoms with E-state index in [1.165, 1.54) is 46.2 Å². The first-order valence-electron chi connectivity index (χ1n) is 19.8. The molecule has 0 aromatic heterocycles. The van der Waals surface area contributed by atoms with E-state index in [9.17, 15) is 0 Å². The van der Waals surface area contributed by atoms with E-state index in [0.29, 0.717) is 31.0 Å². The van der Waals surface area contributed by atoms with Gasteiger partial charge in [0.1, 0.15) is 0 Å². The molecular weight excluding hydrogens is 783 g/mol. The summed E-state index contributed by atoms with van der Waals surface area (Å²) in [5.74, 6) is 1.42. The fourth-order valence-electron chi connectivity index (χ4n) is 9.10. The molecule has 2 heteroatoms. The summed E-state index contributed by atoms with van der Waals surface area (Å²) in [6.45, 7) is 24.7. The SMILES string of the molecule is CCC(C)c1ccccc1-c1cccc2c1C=C(CC(C)C)[CH]2[Hf]([CH]1C(CC(C)C)=Cc2c(-c3ccccc3C(C)CC)cccc21)[SiH](C)C. The summed E-state index contributed by atoms with van der Waals surface area (Å²) < 4.78 is 1.34. The van der Waals surface area contributed by atoms with Crippen molar-refractivity contribution in [3.8, 4) is 22.3 Å². The van der Waals surface area contributed by atoms with Crippen LogP contribution in [0.25, 0.3) is 34.4 Å². The molecule has 0 amide bonds. The Bertz CT molecular complexity index is 1740. The van der Waals surface area contributed by atoms with Gasteiger partial charge in [-0.05, 0) is 0 Å². The fraction of sp³-hybridized carbons (Fsp3) is 0.417. The first-order chi connectivity index (χ1) is 24.0. The third-order valence-corrected chi connectivity index (χ3v) is 42.6. The Morgan fingerprint density at radius 3 is 1.26 bits per heavy atom. The molecule has 4 unspecified atom stereocenters. The van der Waals surface area contributed by atoms with Crippen molar-refractivity contribution < 1.29 is 20.6 Å². The van der Waals surface area contributed by atoms with Crippen LogP contribution in [0.1, 0.15) is 134 Å². The second-order valence-corrected chi connectivity index (χ2v) is 44.5. The zero-order valence-corrected chi connectivity index (χ0v) is 37.4. The Hall–Kier alpha value is -2.55. The molecule has 0 nitrogen and oxygen atoms in total. The summed E-state index contributed by atoms with van der Waals surface area (Å²) in [6.07, 6.45) is 10.2. The van der Waals surface area contributed by atoms with E-state index in [0.717, 1.165) is 12.8 Å². The molecule has 4 aromatic rings. The molecule has 0 N–H and O–H groups in total. The zero-order chi connectivity index (χ0) is 35.7. The van der Waals surface area contributed by atoms with Crippen molar-refractivity contribution in [2.45, 2.75) is 113 Å². The zero-order valence-electron chi connectivity index (χ0n) is 32.6. The number of rotatable bonds is 13. The summed E-state index contributed by atoms with van der Waals surface area (Å²) in [4.78, 5) is 0. The van der Waals surface area contributed by atoms with Gasteiger partial charge < -0.3 is 0 Å². The van der Waals surface area contributed by atoms with Crippen LogP contribution in [0.3, 0.4) is 0 Å². The van der Waals surface area contributed by atoms with Crippen LogP contribution < -0.4 is 0 Å². The van der Waals surface area contributed by atoms with E-state index >= 15 is 0 Å². The molecule has 0 spiro atoms. The molecule has 0 radical (unpaired) electrons. The number of fused-ring (bicyclic) bond motifs is 2. The van der Waals surface area contributed by atoms with E-state index in [-0.39, 0.29) is 0 Å². The quantitative estimate of drug-likeness (QED) is 0.118. The molecule has 50 heavy (non-hydrogen) atoms. The van der Waals surface area contributed by atoms with Gasteiger partial charge in [0.2, 0.25) is 0 Å². The minimum absolute atomic E-state index is 0.548. The molecule has 0 saturated carbocycles. The number of benzene rings is 4. The molecule has 4 atom stereocenters. The Morgan fingerprint density at radius 1 is 0.520 bits per heavy atom. The van der Waals surface area contributed by atoms with Crippen LogP contribution in [0.5, 0.6) is 0 Å². The predicted octanol–water partition coefficient (Wildman–Crippen LogP) is 14.3. The third-order valence-electron chi connectivity index (χ3n) is 11.7. The van der Waals surface area contributed by atoms with Crippen LogP contribution in [0.15, 0.2) is 96.1 Å². The van der Waals surface area contributed by atoms with E-state index in [1.54, 1.807) is 33.4 Å². The van der Waals surface area contributed by atoms with Crippen molar-refractivity contribution in [3.05, 3.63) is 129 Å². The van der Waals surface area contributed by atoms with E-state index in [4.69, 9.17) is 0 Å². The van der Waals surface area contributed by atoms with Gasteiger partial charge in [-0.25, -0.2) is 0 Å². The molecule has 261 valence electrons. The summed E-state index contributed by atoms with van der Waals surface area (Å²) in [5, 5.41) is 0. The number of hydrogen-bond acceptors (Lipinski definition) is 0. The maximum atomic E-state index is 2.74. The van der Waals surface area contributed by atoms with Crippen molar-refractivity contribution in [1.29, 1.82) is 0 Å². The molecule has 0 heterocycles. The third kappa shape index (κ3) is 7.23. The monoisotopic (exact) mass is 845 g/mol. The van der Waals surface area contributed by atoms with E-state index in [1.807, 2.05) is 0 Å². The number of allylic oxidation sites excluding steroid dienone is 2. The first-order valence-corrected chi connectivity index (χ1v) is 33.0. The second kappa shape index (κ2) is 16.0. The van der Waals surface area contributed by atoms with Crippen LogP contribution in [0.2, 0.25) is 13.1 Å². The second-order valence-electron chi connectivity index (χ2n) is 16.6. The standard InChI is InChI=1S/2C23H27.C2H7Si.Hf/c2*1-5-17(4)20-10-6-7-11-21(20)22-12-8-9-19-14-18(13-16(2)3)15-23(19)22;1-3-2;/h2*6-12,14-17H,5,13H2,1-4H3;3H,1-2H3;. The van der Waals surface area contributed by atoms with Crippen molar-refractivity contribution in [1.82, 2.24) is 0 Å². The molecule has 0 saturated heterocycles. The van der Waals surface area contributed by atoms with Gasteiger partial charge in [0.05, 0.1) is 0 Å². The van der Waals surface area contributed by atoms with Gasteiger partial charge in [-0.1, -0.05) is 0 Å². The summed E-state index contributed by atoms with van der Waals surface area (Å²) in [5.41, 5.74) is 18.8. The summed E-state index contributed by atoms with van der Waals surface area (Å²) in [7, 11) is 0. The maximum absolute atomic E-state index is 2.74. The van der Waals surface area contributed by atoms with Gasteiger partial charge in [0.25, 0.3) is 0 Å². The summed E-state index contributed by atoms with van der Waals surface area (Å²) in [6, 6.07) is 33.3. The normalized spacial score (nSPS) is 17.9. The van der Waals surface area contributed by atoms with E-state index < -0.39 is 26.6 Å². The molecule has 0 fully saturated rings. The van der Waals surface area contributed by atoms with Crippen molar-refractivity contribution in [3.63, 3.8) is 0 Å². The Kier molecular flexibility index (Phi) is 11.9. The number of hydrogen-bond donors (Lipinski definition) is 0. The van der Waals surface area contributed by atoms with Crippen LogP contribution in [0.4, 0.5) is 0 Å². The van der Waals surface area contributed by atoms with Gasteiger partial charge in [0.15, 0.2) is 0 Å². The molecule has 0 bridgehead atoms. The van der Waals surface area contributed by atoms with Crippen LogP contribution in [0, 0.1) is 11.8 Å². The van der Waals surface area contributed by atoms with Gasteiger partial charge >= 0.3 is 316 Å². The Labute approximate surface area is 313 Å². The molecule has 6 rings (SSSR count). The molecule has 2 aliphatic rings. The van der Waals surface area contributed by atoms with Gasteiger partial charge in [-0.3, -0.25) is 0 Å². The molecule has 0 aliphatic heterocycles. The Balaban J connectivity index is 1.55. The van der Waals surface area contributed by atoms with Crippen LogP contribution in [-0.2, 0) is 20.6 Å². The Morgan fingerprint density at radius 2 is 0.900 bits per heavy atom. The first kappa shape index (κ1) is 37.2. The molecular formula is C48H61HfSi. The average molecular weight is 845 g/mol. The van der Waals surface area contributed by atoms with Gasteiger partial charge in [-0.2, -0.15) is 0 Å².